The molecule has 1 aromatic carbocycles. The second-order valence-electron chi connectivity index (χ2n) is 8.84. The summed E-state index contributed by atoms with van der Waals surface area (Å²) >= 11 is 0. The van der Waals surface area contributed by atoms with Gasteiger partial charge in [0.2, 0.25) is 0 Å². The maximum atomic E-state index is 4.68. The number of hydrogen-bond acceptors (Lipinski definition) is 1. The van der Waals surface area contributed by atoms with Crippen molar-refractivity contribution in [1.29, 1.82) is 0 Å². The third-order valence-corrected chi connectivity index (χ3v) is 6.88. The molecule has 0 aliphatic heterocycles. The fourth-order valence-electron chi connectivity index (χ4n) is 5.54. The van der Waals surface area contributed by atoms with Crippen molar-refractivity contribution >= 4 is 0 Å². The molecule has 0 aromatic heterocycles. The number of aryl methyl sites for hydroxylation is 1. The molecule has 0 heterocycles. The molecule has 1 aromatic rings. The van der Waals surface area contributed by atoms with Crippen molar-refractivity contribution in [2.24, 2.45) is 23.7 Å². The summed E-state index contributed by atoms with van der Waals surface area (Å²) < 4.78 is 0. The van der Waals surface area contributed by atoms with Crippen molar-refractivity contribution in [3.05, 3.63) is 72.5 Å². The van der Waals surface area contributed by atoms with Crippen LogP contribution in [0.5, 0.6) is 0 Å². The van der Waals surface area contributed by atoms with Crippen molar-refractivity contribution < 1.29 is 0 Å². The van der Waals surface area contributed by atoms with E-state index in [0.717, 1.165) is 31.8 Å². The van der Waals surface area contributed by atoms with Crippen molar-refractivity contribution in [1.82, 2.24) is 4.90 Å². The lowest BCUT2D eigenvalue weighted by molar-refractivity contribution is 0.138. The lowest BCUT2D eigenvalue weighted by Gasteiger charge is -2.45. The first-order valence-electron chi connectivity index (χ1n) is 11.5. The van der Waals surface area contributed by atoms with Gasteiger partial charge in [-0.15, -0.1) is 0 Å². The highest BCUT2D eigenvalue weighted by atomic mass is 15.1. The second-order valence-corrected chi connectivity index (χ2v) is 8.84. The van der Waals surface area contributed by atoms with Gasteiger partial charge in [0.25, 0.3) is 0 Å². The molecule has 0 spiro atoms. The van der Waals surface area contributed by atoms with Crippen molar-refractivity contribution in [3.63, 3.8) is 0 Å². The standard InChI is InChI=1S/C27H39N/c1-5-19-28(20-6-2)22(4)27-25-14-10-13-24(17-18-25)26(27)21(3)15-16-23-11-8-7-9-12-23/h7-13,24-27H,3-6,14-20H2,1-2H3/t24-,25?,26?,27?/m1/s1. The number of nitrogens with zero attached hydrogens (tertiary/aromatic N) is 1. The number of benzene rings is 1. The molecular formula is C27H39N. The van der Waals surface area contributed by atoms with E-state index in [1.165, 1.54) is 48.9 Å². The van der Waals surface area contributed by atoms with Crippen LogP contribution in [0.2, 0.25) is 0 Å². The molecule has 1 heteroatoms. The second kappa shape index (κ2) is 10.1. The van der Waals surface area contributed by atoms with Crippen LogP contribution in [0.15, 0.2) is 66.9 Å². The van der Waals surface area contributed by atoms with Crippen LogP contribution in [0.3, 0.4) is 0 Å². The summed E-state index contributed by atoms with van der Waals surface area (Å²) in [5.41, 5.74) is 4.27. The highest BCUT2D eigenvalue weighted by Crippen LogP contribution is 2.50. The summed E-state index contributed by atoms with van der Waals surface area (Å²) in [6, 6.07) is 10.9. The first-order chi connectivity index (χ1) is 13.7. The van der Waals surface area contributed by atoms with Crippen LogP contribution in [0, 0.1) is 23.7 Å². The molecule has 3 aliphatic rings. The van der Waals surface area contributed by atoms with Gasteiger partial charge in [0.1, 0.15) is 0 Å². The summed E-state index contributed by atoms with van der Waals surface area (Å²) in [6.07, 6.45) is 13.4. The number of hydrogen-bond donors (Lipinski definition) is 0. The summed E-state index contributed by atoms with van der Waals surface area (Å²) in [5, 5.41) is 0. The average molecular weight is 378 g/mol. The van der Waals surface area contributed by atoms with Gasteiger partial charge in [-0.2, -0.15) is 0 Å². The van der Waals surface area contributed by atoms with E-state index >= 15 is 0 Å². The van der Waals surface area contributed by atoms with E-state index in [4.69, 9.17) is 0 Å². The van der Waals surface area contributed by atoms with Crippen LogP contribution in [-0.4, -0.2) is 18.0 Å². The maximum absolute atomic E-state index is 4.68. The van der Waals surface area contributed by atoms with E-state index < -0.39 is 0 Å². The Hall–Kier alpha value is -1.76. The van der Waals surface area contributed by atoms with Gasteiger partial charge >= 0.3 is 0 Å². The predicted molar refractivity (Wildman–Crippen MR) is 122 cm³/mol. The third kappa shape index (κ3) is 4.80. The topological polar surface area (TPSA) is 3.24 Å². The molecule has 152 valence electrons. The molecule has 4 rings (SSSR count). The first kappa shape index (κ1) is 21.0. The number of fused-ring (bicyclic) bond motifs is 3. The Morgan fingerprint density at radius 3 is 2.39 bits per heavy atom. The molecule has 3 unspecified atom stereocenters. The van der Waals surface area contributed by atoms with Gasteiger partial charge in [-0.1, -0.05) is 75.1 Å². The lowest BCUT2D eigenvalue weighted by Crippen LogP contribution is -2.40. The lowest BCUT2D eigenvalue weighted by atomic mass is 9.63. The zero-order valence-corrected chi connectivity index (χ0v) is 18.1. The Morgan fingerprint density at radius 2 is 1.71 bits per heavy atom. The molecular weight excluding hydrogens is 338 g/mol. The van der Waals surface area contributed by atoms with Gasteiger partial charge in [0, 0.05) is 24.7 Å². The van der Waals surface area contributed by atoms with Crippen LogP contribution in [0.25, 0.3) is 0 Å². The Bertz CT molecular complexity index is 665. The highest BCUT2D eigenvalue weighted by molar-refractivity contribution is 5.23. The van der Waals surface area contributed by atoms with Crippen LogP contribution >= 0.6 is 0 Å². The largest absolute Gasteiger partial charge is 0.375 e. The van der Waals surface area contributed by atoms with Crippen LogP contribution in [-0.2, 0) is 6.42 Å². The van der Waals surface area contributed by atoms with Crippen molar-refractivity contribution in [2.75, 3.05) is 13.1 Å². The predicted octanol–water partition coefficient (Wildman–Crippen LogP) is 7.03. The molecule has 3 aliphatic carbocycles. The van der Waals surface area contributed by atoms with E-state index in [2.05, 4.69) is 74.4 Å². The molecule has 1 saturated carbocycles. The van der Waals surface area contributed by atoms with Gasteiger partial charge in [-0.05, 0) is 68.3 Å². The number of rotatable bonds is 10. The molecule has 1 fully saturated rings. The van der Waals surface area contributed by atoms with Crippen molar-refractivity contribution in [3.8, 4) is 0 Å². The Morgan fingerprint density at radius 1 is 1.00 bits per heavy atom. The molecule has 0 saturated heterocycles. The maximum Gasteiger partial charge on any atom is 0.0172 e. The Balaban J connectivity index is 1.79. The van der Waals surface area contributed by atoms with E-state index in [-0.39, 0.29) is 0 Å². The van der Waals surface area contributed by atoms with E-state index in [1.54, 1.807) is 0 Å². The summed E-state index contributed by atoms with van der Waals surface area (Å²) in [5.74, 6) is 2.51. The van der Waals surface area contributed by atoms with E-state index in [1.807, 2.05) is 0 Å². The Labute approximate surface area is 173 Å². The monoisotopic (exact) mass is 377 g/mol. The van der Waals surface area contributed by atoms with Gasteiger partial charge in [-0.25, -0.2) is 0 Å². The van der Waals surface area contributed by atoms with E-state index in [9.17, 15) is 0 Å². The van der Waals surface area contributed by atoms with E-state index in [0.29, 0.717) is 17.8 Å². The summed E-state index contributed by atoms with van der Waals surface area (Å²) in [4.78, 5) is 2.59. The smallest absolute Gasteiger partial charge is 0.0172 e. The van der Waals surface area contributed by atoms with Crippen LogP contribution in [0.1, 0.15) is 57.9 Å². The van der Waals surface area contributed by atoms with Crippen molar-refractivity contribution in [2.45, 2.75) is 58.8 Å². The molecule has 2 bridgehead atoms. The molecule has 0 N–H and O–H groups in total. The minimum Gasteiger partial charge on any atom is -0.375 e. The molecule has 28 heavy (non-hydrogen) atoms. The van der Waals surface area contributed by atoms with Gasteiger partial charge in [-0.3, -0.25) is 0 Å². The fourth-order valence-corrected chi connectivity index (χ4v) is 5.54. The normalized spacial score (nSPS) is 26.1. The minimum absolute atomic E-state index is 0.560. The minimum atomic E-state index is 0.560. The zero-order chi connectivity index (χ0) is 19.9. The zero-order valence-electron chi connectivity index (χ0n) is 18.1. The molecule has 1 nitrogen and oxygen atoms in total. The SMILES string of the molecule is C=C(CCc1ccccc1)C1C(C(=C)N(CCC)CCC)C2CC=C[C@@H]1CC2. The van der Waals surface area contributed by atoms with Crippen LogP contribution in [0.4, 0.5) is 0 Å². The first-order valence-corrected chi connectivity index (χ1v) is 11.5. The van der Waals surface area contributed by atoms with Gasteiger partial charge in [0.15, 0.2) is 0 Å². The number of allylic oxidation sites excluding steroid dienone is 4. The quantitative estimate of drug-likeness (QED) is 0.396. The van der Waals surface area contributed by atoms with Gasteiger partial charge in [0.05, 0.1) is 0 Å². The van der Waals surface area contributed by atoms with Gasteiger partial charge < -0.3 is 4.90 Å². The molecule has 4 atom stereocenters. The molecule has 0 radical (unpaired) electrons. The Kier molecular flexibility index (Phi) is 7.59. The highest BCUT2D eigenvalue weighted by Gasteiger charge is 2.42. The summed E-state index contributed by atoms with van der Waals surface area (Å²) in [6.45, 7) is 16.2. The fraction of sp³-hybridized carbons (Fsp3) is 0.556. The third-order valence-electron chi connectivity index (χ3n) is 6.88. The molecule has 0 amide bonds. The summed E-state index contributed by atoms with van der Waals surface area (Å²) in [7, 11) is 0. The average Bonchev–Trinajstić information content (AvgIpc) is 3.06. The van der Waals surface area contributed by atoms with Crippen LogP contribution < -0.4 is 0 Å².